The molecule has 0 saturated carbocycles. The molecule has 2 rings (SSSR count). The zero-order valence-corrected chi connectivity index (χ0v) is 13.1. The molecule has 0 radical (unpaired) electrons. The Hall–Kier alpha value is -0.640. The van der Waals surface area contributed by atoms with E-state index in [9.17, 15) is 4.39 Å². The van der Waals surface area contributed by atoms with Crippen LogP contribution in [0.3, 0.4) is 0 Å². The number of hydrogen-bond acceptors (Lipinski definition) is 2. The summed E-state index contributed by atoms with van der Waals surface area (Å²) in [5.74, 6) is -0.326. The van der Waals surface area contributed by atoms with Crippen molar-refractivity contribution in [2.45, 2.75) is 39.2 Å². The third-order valence-corrected chi connectivity index (χ3v) is 4.67. The van der Waals surface area contributed by atoms with Gasteiger partial charge in [-0.2, -0.15) is 0 Å². The molecule has 1 fully saturated rings. The van der Waals surface area contributed by atoms with Crippen LogP contribution in [-0.4, -0.2) is 24.5 Å². The number of hydrogen-bond donors (Lipinski definition) is 1. The summed E-state index contributed by atoms with van der Waals surface area (Å²) in [6, 6.07) is 5.10. The molecule has 1 aliphatic rings. The van der Waals surface area contributed by atoms with Crippen molar-refractivity contribution in [2.75, 3.05) is 19.6 Å². The fourth-order valence-electron chi connectivity index (χ4n) is 3.01. The van der Waals surface area contributed by atoms with E-state index in [1.54, 1.807) is 18.2 Å². The molecule has 1 heterocycles. The number of rotatable bonds is 3. The van der Waals surface area contributed by atoms with E-state index in [-0.39, 0.29) is 16.9 Å². The number of nitrogens with two attached hydrogens (primary N) is 1. The van der Waals surface area contributed by atoms with E-state index in [1.165, 1.54) is 6.42 Å². The molecule has 1 aromatic rings. The Kier molecular flexibility index (Phi) is 5.05. The lowest BCUT2D eigenvalue weighted by molar-refractivity contribution is 0.196. The van der Waals surface area contributed by atoms with Crippen LogP contribution in [0.15, 0.2) is 18.2 Å². The van der Waals surface area contributed by atoms with Crippen molar-refractivity contribution in [3.8, 4) is 0 Å². The van der Waals surface area contributed by atoms with Crippen molar-refractivity contribution in [1.29, 1.82) is 0 Å². The average Bonchev–Trinajstić information content (AvgIpc) is 2.57. The minimum Gasteiger partial charge on any atom is -0.329 e. The van der Waals surface area contributed by atoms with E-state index in [4.69, 9.17) is 17.3 Å². The molecule has 1 atom stereocenters. The fourth-order valence-corrected chi connectivity index (χ4v) is 3.19. The quantitative estimate of drug-likeness (QED) is 0.914. The molecular formula is C16H24ClFN2. The van der Waals surface area contributed by atoms with Gasteiger partial charge in [-0.1, -0.05) is 37.6 Å². The third-order valence-electron chi connectivity index (χ3n) is 4.38. The number of likely N-dealkylation sites (tertiary alicyclic amines) is 1. The van der Waals surface area contributed by atoms with E-state index in [0.717, 1.165) is 25.9 Å². The lowest BCUT2D eigenvalue weighted by Gasteiger charge is -2.31. The van der Waals surface area contributed by atoms with Crippen molar-refractivity contribution in [1.82, 2.24) is 4.90 Å². The summed E-state index contributed by atoms with van der Waals surface area (Å²) in [7, 11) is 0. The van der Waals surface area contributed by atoms with Crippen molar-refractivity contribution < 1.29 is 4.39 Å². The predicted molar refractivity (Wildman–Crippen MR) is 82.4 cm³/mol. The Morgan fingerprint density at radius 1 is 1.35 bits per heavy atom. The molecule has 1 unspecified atom stereocenters. The normalized spacial score (nSPS) is 21.4. The Balaban J connectivity index is 2.21. The summed E-state index contributed by atoms with van der Waals surface area (Å²) in [5, 5.41) is 0.177. The molecule has 112 valence electrons. The molecule has 2 nitrogen and oxygen atoms in total. The van der Waals surface area contributed by atoms with Gasteiger partial charge in [0.2, 0.25) is 0 Å². The van der Waals surface area contributed by atoms with Crippen molar-refractivity contribution in [3.63, 3.8) is 0 Å². The minimum atomic E-state index is -0.326. The van der Waals surface area contributed by atoms with E-state index >= 15 is 0 Å². The molecule has 0 aliphatic carbocycles. The maximum atomic E-state index is 14.2. The van der Waals surface area contributed by atoms with E-state index in [0.29, 0.717) is 17.5 Å². The van der Waals surface area contributed by atoms with Gasteiger partial charge in [0.25, 0.3) is 0 Å². The zero-order valence-electron chi connectivity index (χ0n) is 12.3. The second-order valence-electron chi connectivity index (χ2n) is 6.45. The highest BCUT2D eigenvalue weighted by atomic mass is 35.5. The monoisotopic (exact) mass is 298 g/mol. The highest BCUT2D eigenvalue weighted by Gasteiger charge is 2.28. The SMILES string of the molecule is CC1(C)CCCN(C(CN)c2cccc(Cl)c2F)CC1. The molecule has 20 heavy (non-hydrogen) atoms. The molecule has 1 saturated heterocycles. The summed E-state index contributed by atoms with van der Waals surface area (Å²) in [6.07, 6.45) is 3.45. The van der Waals surface area contributed by atoms with Crippen LogP contribution in [-0.2, 0) is 0 Å². The fraction of sp³-hybridized carbons (Fsp3) is 0.625. The van der Waals surface area contributed by atoms with Crippen LogP contribution in [0.5, 0.6) is 0 Å². The lowest BCUT2D eigenvalue weighted by atomic mass is 9.85. The predicted octanol–water partition coefficient (Wildman–Crippen LogP) is 3.99. The summed E-state index contributed by atoms with van der Waals surface area (Å²) >= 11 is 5.90. The van der Waals surface area contributed by atoms with Crippen LogP contribution in [0.25, 0.3) is 0 Å². The average molecular weight is 299 g/mol. The second kappa shape index (κ2) is 6.42. The van der Waals surface area contributed by atoms with Crippen molar-refractivity contribution in [3.05, 3.63) is 34.6 Å². The first-order valence-corrected chi connectivity index (χ1v) is 7.70. The molecule has 0 amide bonds. The first-order chi connectivity index (χ1) is 9.44. The second-order valence-corrected chi connectivity index (χ2v) is 6.86. The highest BCUT2D eigenvalue weighted by Crippen LogP contribution is 2.34. The van der Waals surface area contributed by atoms with Crippen molar-refractivity contribution in [2.24, 2.45) is 11.1 Å². The van der Waals surface area contributed by atoms with Gasteiger partial charge in [0.15, 0.2) is 0 Å². The molecule has 0 spiro atoms. The van der Waals surface area contributed by atoms with Gasteiger partial charge in [0.05, 0.1) is 5.02 Å². The first kappa shape index (κ1) is 15.7. The molecule has 2 N–H and O–H groups in total. The molecular weight excluding hydrogens is 275 g/mol. The Morgan fingerprint density at radius 3 is 2.80 bits per heavy atom. The maximum absolute atomic E-state index is 14.2. The van der Waals surface area contributed by atoms with Crippen LogP contribution in [0.4, 0.5) is 4.39 Å². The Labute approximate surface area is 126 Å². The molecule has 0 bridgehead atoms. The van der Waals surface area contributed by atoms with E-state index in [1.807, 2.05) is 0 Å². The Bertz CT molecular complexity index is 462. The standard InChI is InChI=1S/C16H24ClFN2/c1-16(2)7-4-9-20(10-8-16)14(11-19)12-5-3-6-13(17)15(12)18/h3,5-6,14H,4,7-11,19H2,1-2H3. The zero-order chi connectivity index (χ0) is 14.8. The van der Waals surface area contributed by atoms with E-state index in [2.05, 4.69) is 18.7 Å². The van der Waals surface area contributed by atoms with E-state index < -0.39 is 0 Å². The summed E-state index contributed by atoms with van der Waals surface area (Å²) in [4.78, 5) is 2.31. The van der Waals surface area contributed by atoms with Gasteiger partial charge in [-0.25, -0.2) is 4.39 Å². The topological polar surface area (TPSA) is 29.3 Å². The summed E-state index contributed by atoms with van der Waals surface area (Å²) in [5.41, 5.74) is 6.91. The molecule has 1 aromatic carbocycles. The van der Waals surface area contributed by atoms with Gasteiger partial charge in [-0.15, -0.1) is 0 Å². The van der Waals surface area contributed by atoms with Crippen LogP contribution in [0.1, 0.15) is 44.7 Å². The Morgan fingerprint density at radius 2 is 2.10 bits per heavy atom. The van der Waals surface area contributed by atoms with Crippen LogP contribution in [0.2, 0.25) is 5.02 Å². The molecule has 1 aliphatic heterocycles. The van der Waals surface area contributed by atoms with Gasteiger partial charge in [0.1, 0.15) is 5.82 Å². The van der Waals surface area contributed by atoms with Gasteiger partial charge in [-0.3, -0.25) is 4.90 Å². The smallest absolute Gasteiger partial charge is 0.146 e. The minimum absolute atomic E-state index is 0.0809. The molecule has 4 heteroatoms. The number of halogens is 2. The van der Waals surface area contributed by atoms with Crippen LogP contribution >= 0.6 is 11.6 Å². The van der Waals surface area contributed by atoms with Crippen LogP contribution < -0.4 is 5.73 Å². The maximum Gasteiger partial charge on any atom is 0.146 e. The highest BCUT2D eigenvalue weighted by molar-refractivity contribution is 6.30. The number of benzene rings is 1. The van der Waals surface area contributed by atoms with Crippen molar-refractivity contribution >= 4 is 11.6 Å². The van der Waals surface area contributed by atoms with Gasteiger partial charge < -0.3 is 5.73 Å². The molecule has 0 aromatic heterocycles. The third kappa shape index (κ3) is 3.51. The van der Waals surface area contributed by atoms with Gasteiger partial charge in [0, 0.05) is 18.2 Å². The van der Waals surface area contributed by atoms with Gasteiger partial charge in [-0.05, 0) is 43.8 Å². The summed E-state index contributed by atoms with van der Waals surface area (Å²) in [6.45, 7) is 6.94. The summed E-state index contributed by atoms with van der Waals surface area (Å²) < 4.78 is 14.2. The lowest BCUT2D eigenvalue weighted by Crippen LogP contribution is -2.35. The van der Waals surface area contributed by atoms with Crippen LogP contribution in [0, 0.1) is 11.2 Å². The first-order valence-electron chi connectivity index (χ1n) is 7.32. The number of nitrogens with zero attached hydrogens (tertiary/aromatic N) is 1. The largest absolute Gasteiger partial charge is 0.329 e. The van der Waals surface area contributed by atoms with Gasteiger partial charge >= 0.3 is 0 Å².